The highest BCUT2D eigenvalue weighted by molar-refractivity contribution is 5.86. The first-order valence-electron chi connectivity index (χ1n) is 15.7. The molecule has 0 radical (unpaired) electrons. The number of allylic oxidation sites excluding steroid dienone is 2. The van der Waals surface area contributed by atoms with E-state index >= 15 is 0 Å². The number of rotatable bonds is 20. The second kappa shape index (κ2) is 19.5. The first-order valence-corrected chi connectivity index (χ1v) is 15.7. The second-order valence-corrected chi connectivity index (χ2v) is 11.4. The molecule has 2 N–H and O–H groups in total. The molecule has 0 bridgehead atoms. The van der Waals surface area contributed by atoms with Crippen molar-refractivity contribution in [1.82, 2.24) is 10.2 Å². The number of carbonyl (C=O) groups is 3. The van der Waals surface area contributed by atoms with Gasteiger partial charge in [-0.05, 0) is 56.1 Å². The molecule has 0 aromatic heterocycles. The van der Waals surface area contributed by atoms with E-state index < -0.39 is 12.0 Å². The van der Waals surface area contributed by atoms with Crippen molar-refractivity contribution < 1.29 is 29.0 Å². The topological polar surface area (TPSA) is 105 Å². The van der Waals surface area contributed by atoms with Crippen LogP contribution < -0.4 is 5.32 Å². The Kier molecular flexibility index (Phi) is 15.4. The van der Waals surface area contributed by atoms with Crippen LogP contribution in [0.25, 0.3) is 0 Å². The number of aliphatic hydroxyl groups is 1. The van der Waals surface area contributed by atoms with Crippen LogP contribution in [0.4, 0.5) is 0 Å². The molecule has 8 nitrogen and oxygen atoms in total. The third kappa shape index (κ3) is 11.7. The lowest BCUT2D eigenvalue weighted by Crippen LogP contribution is -2.46. The minimum atomic E-state index is -0.642. The van der Waals surface area contributed by atoms with Crippen molar-refractivity contribution in [2.24, 2.45) is 11.8 Å². The van der Waals surface area contributed by atoms with Crippen LogP contribution in [0.2, 0.25) is 0 Å². The van der Waals surface area contributed by atoms with Gasteiger partial charge in [0.15, 0.2) is 0 Å². The molecule has 1 aliphatic rings. The Hall–Kier alpha value is -3.75. The summed E-state index contributed by atoms with van der Waals surface area (Å²) in [5.74, 6) is -1.77. The van der Waals surface area contributed by atoms with Crippen LogP contribution in [0.1, 0.15) is 56.1 Å². The molecular formula is C36H48N2O6. The Morgan fingerprint density at radius 3 is 2.34 bits per heavy atom. The molecule has 1 fully saturated rings. The molecule has 8 heteroatoms. The Balaban J connectivity index is 1.66. The van der Waals surface area contributed by atoms with Crippen LogP contribution in [0.5, 0.6) is 0 Å². The number of nitrogens with one attached hydrogen (secondary N) is 1. The zero-order valence-corrected chi connectivity index (χ0v) is 25.8. The molecule has 0 aliphatic carbocycles. The number of ether oxygens (including phenoxy) is 2. The Bertz CT molecular complexity index is 1170. The molecular weight excluding hydrogens is 556 g/mol. The summed E-state index contributed by atoms with van der Waals surface area (Å²) < 4.78 is 11.8. The number of aliphatic hydroxyl groups excluding tert-OH is 1. The summed E-state index contributed by atoms with van der Waals surface area (Å²) in [6.07, 6.45) is 8.24. The van der Waals surface area contributed by atoms with Gasteiger partial charge in [-0.1, -0.05) is 72.8 Å². The molecule has 4 atom stereocenters. The van der Waals surface area contributed by atoms with Crippen molar-refractivity contribution in [1.29, 1.82) is 0 Å². The quantitative estimate of drug-likeness (QED) is 0.125. The zero-order chi connectivity index (χ0) is 31.6. The average molecular weight is 605 g/mol. The van der Waals surface area contributed by atoms with Crippen LogP contribution in [0.15, 0.2) is 86.0 Å². The minimum absolute atomic E-state index is 0.00812. The van der Waals surface area contributed by atoms with Gasteiger partial charge in [-0.25, -0.2) is 0 Å². The summed E-state index contributed by atoms with van der Waals surface area (Å²) in [4.78, 5) is 41.6. The molecule has 44 heavy (non-hydrogen) atoms. The van der Waals surface area contributed by atoms with Crippen LogP contribution in [-0.2, 0) is 36.9 Å². The molecule has 1 heterocycles. The fourth-order valence-electron chi connectivity index (χ4n) is 5.52. The molecule has 2 aromatic rings. The van der Waals surface area contributed by atoms with E-state index in [4.69, 9.17) is 9.47 Å². The van der Waals surface area contributed by atoms with E-state index in [1.165, 1.54) is 0 Å². The molecule has 238 valence electrons. The van der Waals surface area contributed by atoms with Gasteiger partial charge >= 0.3 is 5.97 Å². The number of benzene rings is 2. The predicted molar refractivity (Wildman–Crippen MR) is 171 cm³/mol. The normalized spacial score (nSPS) is 16.5. The van der Waals surface area contributed by atoms with Crippen LogP contribution in [-0.4, -0.2) is 66.2 Å². The van der Waals surface area contributed by atoms with E-state index in [1.807, 2.05) is 66.7 Å². The highest BCUT2D eigenvalue weighted by atomic mass is 16.5. The maximum atomic E-state index is 13.5. The highest BCUT2D eigenvalue weighted by Crippen LogP contribution is 2.21. The van der Waals surface area contributed by atoms with Crippen molar-refractivity contribution in [2.45, 2.75) is 70.1 Å². The molecule has 2 amide bonds. The van der Waals surface area contributed by atoms with Crippen molar-refractivity contribution in [3.63, 3.8) is 0 Å². The Morgan fingerprint density at radius 2 is 1.68 bits per heavy atom. The average Bonchev–Trinajstić information content (AvgIpc) is 3.53. The molecule has 2 aromatic carbocycles. The molecule has 1 aliphatic heterocycles. The van der Waals surface area contributed by atoms with E-state index in [9.17, 15) is 19.5 Å². The van der Waals surface area contributed by atoms with Crippen LogP contribution in [0, 0.1) is 11.8 Å². The maximum absolute atomic E-state index is 13.5. The lowest BCUT2D eigenvalue weighted by molar-refractivity contribution is -0.151. The van der Waals surface area contributed by atoms with Gasteiger partial charge in [0.25, 0.3) is 0 Å². The number of carbonyl (C=O) groups excluding carboxylic acids is 3. The van der Waals surface area contributed by atoms with Gasteiger partial charge in [-0.3, -0.25) is 14.4 Å². The van der Waals surface area contributed by atoms with E-state index in [1.54, 1.807) is 11.0 Å². The summed E-state index contributed by atoms with van der Waals surface area (Å²) in [6, 6.07) is 18.7. The van der Waals surface area contributed by atoms with E-state index in [0.29, 0.717) is 32.4 Å². The first-order chi connectivity index (χ1) is 21.4. The van der Waals surface area contributed by atoms with Crippen LogP contribution in [0.3, 0.4) is 0 Å². The molecule has 3 rings (SSSR count). The third-order valence-electron chi connectivity index (χ3n) is 7.97. The van der Waals surface area contributed by atoms with Gasteiger partial charge < -0.3 is 24.8 Å². The van der Waals surface area contributed by atoms with Gasteiger partial charge in [0, 0.05) is 13.0 Å². The monoisotopic (exact) mass is 604 g/mol. The molecule has 0 spiro atoms. The Labute approximate surface area is 262 Å². The van der Waals surface area contributed by atoms with Crippen molar-refractivity contribution in [2.75, 3.05) is 26.4 Å². The van der Waals surface area contributed by atoms with E-state index in [-0.39, 0.29) is 56.0 Å². The van der Waals surface area contributed by atoms with E-state index in [2.05, 4.69) is 18.5 Å². The zero-order valence-electron chi connectivity index (χ0n) is 25.8. The largest absolute Gasteiger partial charge is 0.463 e. The third-order valence-corrected chi connectivity index (χ3v) is 7.97. The lowest BCUT2D eigenvalue weighted by atomic mass is 9.94. The second-order valence-electron chi connectivity index (χ2n) is 11.4. The van der Waals surface area contributed by atoms with Crippen molar-refractivity contribution in [3.05, 3.63) is 97.1 Å². The fraction of sp³-hybridized carbons (Fsp3) is 0.472. The van der Waals surface area contributed by atoms with Gasteiger partial charge in [-0.15, -0.1) is 13.2 Å². The van der Waals surface area contributed by atoms with E-state index in [0.717, 1.165) is 36.8 Å². The minimum Gasteiger partial charge on any atom is -0.463 e. The smallest absolute Gasteiger partial charge is 0.309 e. The summed E-state index contributed by atoms with van der Waals surface area (Å²) in [7, 11) is 0. The SMILES string of the molecule is C=CCCC[C@H](Cc1ccccc1)C(=O)OC[C@H](COCc1ccccc1)NC(=O)[C@H](CC=C)CC(=O)N1CCC[C@H]1CO. The highest BCUT2D eigenvalue weighted by Gasteiger charge is 2.32. The summed E-state index contributed by atoms with van der Waals surface area (Å²) >= 11 is 0. The number of amides is 2. The van der Waals surface area contributed by atoms with Gasteiger partial charge in [0.05, 0.1) is 43.7 Å². The Morgan fingerprint density at radius 1 is 0.977 bits per heavy atom. The van der Waals surface area contributed by atoms with Crippen molar-refractivity contribution >= 4 is 17.8 Å². The van der Waals surface area contributed by atoms with Crippen molar-refractivity contribution in [3.8, 4) is 0 Å². The number of hydrogen-bond acceptors (Lipinski definition) is 6. The number of nitrogens with zero attached hydrogens (tertiary/aromatic N) is 1. The number of likely N-dealkylation sites (tertiary alicyclic amines) is 1. The van der Waals surface area contributed by atoms with Gasteiger partial charge in [-0.2, -0.15) is 0 Å². The molecule has 1 saturated heterocycles. The number of unbranched alkanes of at least 4 members (excludes halogenated alkanes) is 1. The molecule has 0 saturated carbocycles. The van der Waals surface area contributed by atoms with Crippen LogP contribution >= 0.6 is 0 Å². The first kappa shape index (κ1) is 34.7. The van der Waals surface area contributed by atoms with Gasteiger partial charge in [0.2, 0.25) is 11.8 Å². The summed E-state index contributed by atoms with van der Waals surface area (Å²) in [5.41, 5.74) is 2.04. The number of esters is 1. The standard InChI is InChI=1S/C36H48N2O6/c1-3-5-8-19-31(22-28-15-9-6-10-16-28)36(42)44-27-32(26-43-25-29-17-11-7-12-18-29)37-35(41)30(14-4-2)23-34(40)38-21-13-20-33(38)24-39/h3-4,6-7,9-12,15-18,30-33,39H,1-2,5,8,13-14,19-27H2,(H,37,41)/t30-,31-,32+,33+/m1/s1. The molecule has 0 unspecified atom stereocenters. The lowest BCUT2D eigenvalue weighted by Gasteiger charge is -2.26. The summed E-state index contributed by atoms with van der Waals surface area (Å²) in [5, 5.41) is 12.6. The summed E-state index contributed by atoms with van der Waals surface area (Å²) in [6.45, 7) is 8.47. The number of hydrogen-bond donors (Lipinski definition) is 2. The maximum Gasteiger partial charge on any atom is 0.309 e. The predicted octanol–water partition coefficient (Wildman–Crippen LogP) is 5.01. The van der Waals surface area contributed by atoms with Gasteiger partial charge in [0.1, 0.15) is 6.61 Å². The fourth-order valence-corrected chi connectivity index (χ4v) is 5.52.